The van der Waals surface area contributed by atoms with E-state index in [1.807, 2.05) is 0 Å². The number of carbonyl (C=O) groups excluding carboxylic acids is 2. The van der Waals surface area contributed by atoms with Crippen LogP contribution in [-0.2, 0) is 14.3 Å². The average Bonchev–Trinajstić information content (AvgIpc) is 2.61. The fourth-order valence-corrected chi connectivity index (χ4v) is 3.49. The number of piperidine rings is 1. The molecule has 0 unspecified atom stereocenters. The minimum atomic E-state index is -0.275. The molecule has 0 bridgehead atoms. The number of esters is 1. The van der Waals surface area contributed by atoms with Crippen LogP contribution in [0.25, 0.3) is 0 Å². The molecule has 0 spiro atoms. The highest BCUT2D eigenvalue weighted by molar-refractivity contribution is 5.80. The van der Waals surface area contributed by atoms with Crippen LogP contribution in [0.2, 0.25) is 0 Å². The third-order valence-electron chi connectivity index (χ3n) is 5.32. The van der Waals surface area contributed by atoms with E-state index in [4.69, 9.17) is 4.74 Å². The van der Waals surface area contributed by atoms with Crippen LogP contribution in [0.4, 0.5) is 0 Å². The van der Waals surface area contributed by atoms with Crippen molar-refractivity contribution in [1.82, 2.24) is 19.6 Å². The highest BCUT2D eigenvalue weighted by atomic mass is 16.5. The van der Waals surface area contributed by atoms with Crippen LogP contribution in [0.15, 0.2) is 0 Å². The molecule has 2 aliphatic rings. The van der Waals surface area contributed by atoms with Crippen molar-refractivity contribution in [3.05, 3.63) is 0 Å². The number of rotatable bonds is 7. The van der Waals surface area contributed by atoms with E-state index >= 15 is 0 Å². The lowest BCUT2D eigenvalue weighted by atomic mass is 10.0. The van der Waals surface area contributed by atoms with E-state index in [0.717, 1.165) is 32.1 Å². The molecule has 144 valence electrons. The predicted octanol–water partition coefficient (Wildman–Crippen LogP) is 0.110. The lowest BCUT2D eigenvalue weighted by molar-refractivity contribution is -0.151. The van der Waals surface area contributed by atoms with Crippen molar-refractivity contribution in [3.63, 3.8) is 0 Å². The first kappa shape index (κ1) is 20.1. The first-order chi connectivity index (χ1) is 12.0. The number of hydrogen-bond donors (Lipinski definition) is 0. The van der Waals surface area contributed by atoms with Crippen LogP contribution in [0.5, 0.6) is 0 Å². The molecule has 0 aliphatic carbocycles. The molecule has 1 amide bonds. The van der Waals surface area contributed by atoms with Gasteiger partial charge in [-0.1, -0.05) is 0 Å². The van der Waals surface area contributed by atoms with Crippen molar-refractivity contribution in [2.45, 2.75) is 31.7 Å². The van der Waals surface area contributed by atoms with Crippen LogP contribution in [-0.4, -0.2) is 111 Å². The van der Waals surface area contributed by atoms with Gasteiger partial charge in [0.25, 0.3) is 5.91 Å². The molecule has 0 atom stereocenters. The van der Waals surface area contributed by atoms with E-state index in [9.17, 15) is 9.59 Å². The summed E-state index contributed by atoms with van der Waals surface area (Å²) < 4.78 is 5.00. The van der Waals surface area contributed by atoms with Gasteiger partial charge in [0.1, 0.15) is 0 Å². The van der Waals surface area contributed by atoms with Crippen molar-refractivity contribution >= 4 is 11.9 Å². The Balaban J connectivity index is 1.55. The third-order valence-corrected chi connectivity index (χ3v) is 5.32. The molecule has 7 nitrogen and oxygen atoms in total. The van der Waals surface area contributed by atoms with Crippen LogP contribution in [0, 0.1) is 0 Å². The van der Waals surface area contributed by atoms with Gasteiger partial charge in [0.15, 0.2) is 6.61 Å². The number of hydrogen-bond acceptors (Lipinski definition) is 6. The Labute approximate surface area is 151 Å². The normalized spacial score (nSPS) is 21.2. The monoisotopic (exact) mass is 354 g/mol. The van der Waals surface area contributed by atoms with Gasteiger partial charge in [-0.2, -0.15) is 0 Å². The molecule has 0 radical (unpaired) electrons. The van der Waals surface area contributed by atoms with Gasteiger partial charge in [-0.15, -0.1) is 0 Å². The van der Waals surface area contributed by atoms with E-state index in [1.54, 1.807) is 14.1 Å². The number of piperazine rings is 1. The molecule has 7 heteroatoms. The molecule has 2 rings (SSSR count). The largest absolute Gasteiger partial charge is 0.456 e. The Morgan fingerprint density at radius 1 is 1.04 bits per heavy atom. The minimum absolute atomic E-state index is 0.151. The minimum Gasteiger partial charge on any atom is -0.456 e. The molecule has 0 aromatic carbocycles. The fraction of sp³-hybridized carbons (Fsp3) is 0.889. The van der Waals surface area contributed by atoms with Gasteiger partial charge < -0.3 is 19.4 Å². The molecule has 0 aromatic heterocycles. The Kier molecular flexibility index (Phi) is 8.12. The maximum Gasteiger partial charge on any atom is 0.306 e. The summed E-state index contributed by atoms with van der Waals surface area (Å²) in [5.41, 5.74) is 0. The van der Waals surface area contributed by atoms with E-state index in [0.29, 0.717) is 6.42 Å². The fourth-order valence-electron chi connectivity index (χ4n) is 3.49. The highest BCUT2D eigenvalue weighted by Crippen LogP contribution is 2.18. The zero-order chi connectivity index (χ0) is 18.2. The standard InChI is InChI=1S/C18H34N4O3/c1-19(2)17(23)15-25-18(24)5-4-8-21-9-6-16(7-10-21)22-13-11-20(3)12-14-22/h16H,4-15H2,1-3H3. The summed E-state index contributed by atoms with van der Waals surface area (Å²) >= 11 is 0. The van der Waals surface area contributed by atoms with Gasteiger partial charge >= 0.3 is 5.97 Å². The summed E-state index contributed by atoms with van der Waals surface area (Å²) in [6, 6.07) is 0.729. The summed E-state index contributed by atoms with van der Waals surface area (Å²) in [5, 5.41) is 0. The molecule has 0 N–H and O–H groups in total. The summed E-state index contributed by atoms with van der Waals surface area (Å²) in [5.74, 6) is -0.457. The van der Waals surface area contributed by atoms with E-state index in [-0.39, 0.29) is 18.5 Å². The smallest absolute Gasteiger partial charge is 0.306 e. The van der Waals surface area contributed by atoms with Crippen LogP contribution in [0.1, 0.15) is 25.7 Å². The summed E-state index contributed by atoms with van der Waals surface area (Å²) in [6.45, 7) is 7.76. The second kappa shape index (κ2) is 10.1. The first-order valence-corrected chi connectivity index (χ1v) is 9.46. The number of amides is 1. The van der Waals surface area contributed by atoms with Gasteiger partial charge in [0.2, 0.25) is 0 Å². The molecule has 0 saturated carbocycles. The van der Waals surface area contributed by atoms with E-state index in [1.165, 1.54) is 43.9 Å². The number of nitrogens with zero attached hydrogens (tertiary/aromatic N) is 4. The predicted molar refractivity (Wildman–Crippen MR) is 97.4 cm³/mol. The zero-order valence-corrected chi connectivity index (χ0v) is 16.1. The quantitative estimate of drug-likeness (QED) is 0.605. The lowest BCUT2D eigenvalue weighted by Gasteiger charge is -2.42. The summed E-state index contributed by atoms with van der Waals surface area (Å²) in [4.78, 5) is 32.0. The van der Waals surface area contributed by atoms with E-state index < -0.39 is 0 Å². The molecule has 2 fully saturated rings. The molecule has 2 saturated heterocycles. The van der Waals surface area contributed by atoms with Crippen molar-refractivity contribution in [3.8, 4) is 0 Å². The maximum absolute atomic E-state index is 11.7. The Morgan fingerprint density at radius 2 is 1.68 bits per heavy atom. The van der Waals surface area contributed by atoms with Crippen LogP contribution in [0.3, 0.4) is 0 Å². The van der Waals surface area contributed by atoms with Crippen molar-refractivity contribution in [1.29, 1.82) is 0 Å². The molecule has 2 aliphatic heterocycles. The number of likely N-dealkylation sites (N-methyl/N-ethyl adjacent to an activating group) is 2. The van der Waals surface area contributed by atoms with Crippen molar-refractivity contribution in [2.24, 2.45) is 0 Å². The number of ether oxygens (including phenoxy) is 1. The SMILES string of the molecule is CN1CCN(C2CCN(CCCC(=O)OCC(=O)N(C)C)CC2)CC1. The Bertz CT molecular complexity index is 428. The summed E-state index contributed by atoms with van der Waals surface area (Å²) in [7, 11) is 5.51. The third kappa shape index (κ3) is 6.92. The van der Waals surface area contributed by atoms with Crippen molar-refractivity contribution in [2.75, 3.05) is 73.6 Å². The maximum atomic E-state index is 11.7. The van der Waals surface area contributed by atoms with Gasteiger partial charge in [-0.05, 0) is 45.9 Å². The van der Waals surface area contributed by atoms with Gasteiger partial charge in [-0.3, -0.25) is 14.5 Å². The molecular weight excluding hydrogens is 320 g/mol. The number of carbonyl (C=O) groups is 2. The Morgan fingerprint density at radius 3 is 2.28 bits per heavy atom. The molecule has 0 aromatic rings. The van der Waals surface area contributed by atoms with Gasteiger partial charge in [-0.25, -0.2) is 0 Å². The van der Waals surface area contributed by atoms with E-state index in [2.05, 4.69) is 21.7 Å². The van der Waals surface area contributed by atoms with Crippen LogP contribution >= 0.6 is 0 Å². The lowest BCUT2D eigenvalue weighted by Crippen LogP contribution is -2.52. The second-order valence-corrected chi connectivity index (χ2v) is 7.46. The number of likely N-dealkylation sites (tertiary alicyclic amines) is 1. The first-order valence-electron chi connectivity index (χ1n) is 9.46. The van der Waals surface area contributed by atoms with Gasteiger partial charge in [0, 0.05) is 52.7 Å². The second-order valence-electron chi connectivity index (χ2n) is 7.46. The highest BCUT2D eigenvalue weighted by Gasteiger charge is 2.26. The van der Waals surface area contributed by atoms with Gasteiger partial charge in [0.05, 0.1) is 0 Å². The molecule has 2 heterocycles. The zero-order valence-electron chi connectivity index (χ0n) is 16.1. The molecule has 25 heavy (non-hydrogen) atoms. The van der Waals surface area contributed by atoms with Crippen LogP contribution < -0.4 is 0 Å². The average molecular weight is 354 g/mol. The van der Waals surface area contributed by atoms with Crippen molar-refractivity contribution < 1.29 is 14.3 Å². The summed E-state index contributed by atoms with van der Waals surface area (Å²) in [6.07, 6.45) is 3.64. The topological polar surface area (TPSA) is 56.3 Å². The molecular formula is C18H34N4O3. The Hall–Kier alpha value is -1.18.